The number of aryl methyl sites for hydroxylation is 1. The molecule has 0 unspecified atom stereocenters. The molecule has 9 heavy (non-hydrogen) atoms. The topological polar surface area (TPSA) is 42.3 Å². The molecule has 0 aromatic carbocycles. The summed E-state index contributed by atoms with van der Waals surface area (Å²) >= 11 is 0. The van der Waals surface area contributed by atoms with E-state index in [4.69, 9.17) is 0 Å². The first kappa shape index (κ1) is 5.88. The highest BCUT2D eigenvalue weighted by Gasteiger charge is 1.89. The molecule has 0 amide bonds. The highest BCUT2D eigenvalue weighted by molar-refractivity contribution is 5.29. The molecule has 1 aromatic rings. The number of nitroso groups, excluding NO2 is 1. The van der Waals surface area contributed by atoms with Crippen molar-refractivity contribution in [2.45, 2.75) is 6.92 Å². The van der Waals surface area contributed by atoms with E-state index in [9.17, 15) is 4.91 Å². The Balaban J connectivity index is 3.07. The van der Waals surface area contributed by atoms with E-state index in [1.54, 1.807) is 12.3 Å². The molecule has 1 rings (SSSR count). The summed E-state index contributed by atoms with van der Waals surface area (Å²) in [6, 6.07) is 3.45. The van der Waals surface area contributed by atoms with Crippen molar-refractivity contribution in [3.8, 4) is 0 Å². The number of pyridine rings is 1. The van der Waals surface area contributed by atoms with Gasteiger partial charge in [0.2, 0.25) is 0 Å². The quantitative estimate of drug-likeness (QED) is 0.533. The molecular weight excluding hydrogens is 116 g/mol. The van der Waals surface area contributed by atoms with Crippen LogP contribution in [-0.4, -0.2) is 4.98 Å². The van der Waals surface area contributed by atoms with E-state index in [0.29, 0.717) is 0 Å². The van der Waals surface area contributed by atoms with Crippen molar-refractivity contribution in [3.63, 3.8) is 0 Å². The SMILES string of the molecule is Cc1ccnc(N=O)c1. The smallest absolute Gasteiger partial charge is 0.196 e. The van der Waals surface area contributed by atoms with Crippen molar-refractivity contribution in [1.29, 1.82) is 0 Å². The molecule has 1 aromatic heterocycles. The second-order valence-electron chi connectivity index (χ2n) is 1.78. The molecule has 0 aliphatic heterocycles. The Morgan fingerprint density at radius 1 is 1.67 bits per heavy atom. The molecule has 0 aliphatic carbocycles. The summed E-state index contributed by atoms with van der Waals surface area (Å²) in [5, 5.41) is 2.67. The van der Waals surface area contributed by atoms with Crippen molar-refractivity contribution < 1.29 is 0 Å². The fourth-order valence-corrected chi connectivity index (χ4v) is 0.570. The van der Waals surface area contributed by atoms with Gasteiger partial charge in [0.15, 0.2) is 5.82 Å². The maximum Gasteiger partial charge on any atom is 0.196 e. The van der Waals surface area contributed by atoms with Crippen LogP contribution < -0.4 is 0 Å². The Bertz CT molecular complexity index is 222. The molecule has 0 N–H and O–H groups in total. The van der Waals surface area contributed by atoms with Gasteiger partial charge in [0.1, 0.15) is 0 Å². The number of hydrogen-bond acceptors (Lipinski definition) is 3. The van der Waals surface area contributed by atoms with Gasteiger partial charge in [-0.3, -0.25) is 0 Å². The fraction of sp³-hybridized carbons (Fsp3) is 0.167. The van der Waals surface area contributed by atoms with E-state index >= 15 is 0 Å². The Kier molecular flexibility index (Phi) is 1.53. The molecule has 1 heterocycles. The summed E-state index contributed by atoms with van der Waals surface area (Å²) in [7, 11) is 0. The Morgan fingerprint density at radius 2 is 2.44 bits per heavy atom. The van der Waals surface area contributed by atoms with Gasteiger partial charge in [0.05, 0.1) is 0 Å². The Hall–Kier alpha value is -1.25. The Morgan fingerprint density at radius 3 is 2.89 bits per heavy atom. The average Bonchev–Trinajstić information content (AvgIpc) is 1.88. The normalized spacial score (nSPS) is 9.00. The van der Waals surface area contributed by atoms with E-state index in [2.05, 4.69) is 10.2 Å². The van der Waals surface area contributed by atoms with Gasteiger partial charge in [-0.05, 0) is 29.8 Å². The standard InChI is InChI=1S/C6H6N2O/c1-5-2-3-7-6(4-5)8-9/h2-4H,1H3. The van der Waals surface area contributed by atoms with Gasteiger partial charge in [0.25, 0.3) is 0 Å². The van der Waals surface area contributed by atoms with Crippen LogP contribution in [0.5, 0.6) is 0 Å². The van der Waals surface area contributed by atoms with Gasteiger partial charge in [-0.2, -0.15) is 0 Å². The van der Waals surface area contributed by atoms with Crippen LogP contribution in [0.4, 0.5) is 5.82 Å². The third-order valence-corrected chi connectivity index (χ3v) is 0.995. The largest absolute Gasteiger partial charge is 0.234 e. The molecule has 3 heteroatoms. The van der Waals surface area contributed by atoms with Crippen LogP contribution in [0, 0.1) is 11.8 Å². The summed E-state index contributed by atoms with van der Waals surface area (Å²) in [6.45, 7) is 1.89. The average molecular weight is 122 g/mol. The molecule has 46 valence electrons. The maximum atomic E-state index is 9.85. The second kappa shape index (κ2) is 2.35. The summed E-state index contributed by atoms with van der Waals surface area (Å²) in [5.41, 5.74) is 1.000. The first-order valence-electron chi connectivity index (χ1n) is 2.59. The molecule has 0 bridgehead atoms. The van der Waals surface area contributed by atoms with Crippen LogP contribution in [0.25, 0.3) is 0 Å². The first-order chi connectivity index (χ1) is 4.33. The number of nitrogens with zero attached hydrogens (tertiary/aromatic N) is 2. The number of rotatable bonds is 1. The second-order valence-corrected chi connectivity index (χ2v) is 1.78. The van der Waals surface area contributed by atoms with E-state index in [1.165, 1.54) is 0 Å². The van der Waals surface area contributed by atoms with Crippen molar-refractivity contribution in [2.75, 3.05) is 0 Å². The van der Waals surface area contributed by atoms with Gasteiger partial charge in [-0.15, -0.1) is 4.91 Å². The van der Waals surface area contributed by atoms with E-state index < -0.39 is 0 Å². The lowest BCUT2D eigenvalue weighted by Crippen LogP contribution is -1.73. The third kappa shape index (κ3) is 1.32. The zero-order valence-electron chi connectivity index (χ0n) is 5.03. The van der Waals surface area contributed by atoms with Crippen LogP contribution in [0.1, 0.15) is 5.56 Å². The molecule has 0 saturated heterocycles. The number of hydrogen-bond donors (Lipinski definition) is 0. The van der Waals surface area contributed by atoms with Crippen LogP contribution in [-0.2, 0) is 0 Å². The first-order valence-corrected chi connectivity index (χ1v) is 2.59. The maximum absolute atomic E-state index is 9.85. The van der Waals surface area contributed by atoms with Gasteiger partial charge in [-0.25, -0.2) is 4.98 Å². The highest BCUT2D eigenvalue weighted by Crippen LogP contribution is 2.07. The van der Waals surface area contributed by atoms with Crippen molar-refractivity contribution in [3.05, 3.63) is 28.8 Å². The van der Waals surface area contributed by atoms with Crippen LogP contribution in [0.3, 0.4) is 0 Å². The molecule has 0 atom stereocenters. The summed E-state index contributed by atoms with van der Waals surface area (Å²) in [4.78, 5) is 13.5. The van der Waals surface area contributed by atoms with Crippen LogP contribution >= 0.6 is 0 Å². The van der Waals surface area contributed by atoms with E-state index in [1.807, 2.05) is 13.0 Å². The minimum absolute atomic E-state index is 0.245. The molecule has 0 fully saturated rings. The zero-order valence-corrected chi connectivity index (χ0v) is 5.03. The van der Waals surface area contributed by atoms with Crippen LogP contribution in [0.2, 0.25) is 0 Å². The zero-order chi connectivity index (χ0) is 6.69. The van der Waals surface area contributed by atoms with Gasteiger partial charge < -0.3 is 0 Å². The highest BCUT2D eigenvalue weighted by atomic mass is 16.3. The lowest BCUT2D eigenvalue weighted by molar-refractivity contribution is 1.24. The van der Waals surface area contributed by atoms with Crippen LogP contribution in [0.15, 0.2) is 23.5 Å². The van der Waals surface area contributed by atoms with Gasteiger partial charge in [-0.1, -0.05) is 0 Å². The van der Waals surface area contributed by atoms with E-state index in [-0.39, 0.29) is 5.82 Å². The molecular formula is C6H6N2O. The van der Waals surface area contributed by atoms with Crippen molar-refractivity contribution in [1.82, 2.24) is 4.98 Å². The minimum atomic E-state index is 0.245. The summed E-state index contributed by atoms with van der Waals surface area (Å²) < 4.78 is 0. The van der Waals surface area contributed by atoms with Gasteiger partial charge in [0, 0.05) is 6.20 Å². The minimum Gasteiger partial charge on any atom is -0.234 e. The van der Waals surface area contributed by atoms with Crippen molar-refractivity contribution >= 4 is 5.82 Å². The summed E-state index contributed by atoms with van der Waals surface area (Å²) in [5.74, 6) is 0.245. The lowest BCUT2D eigenvalue weighted by Gasteiger charge is -1.87. The molecule has 0 saturated carbocycles. The fourth-order valence-electron chi connectivity index (χ4n) is 0.570. The molecule has 0 radical (unpaired) electrons. The Labute approximate surface area is 52.7 Å². The van der Waals surface area contributed by atoms with E-state index in [0.717, 1.165) is 5.56 Å². The lowest BCUT2D eigenvalue weighted by atomic mass is 10.3. The summed E-state index contributed by atoms with van der Waals surface area (Å²) in [6.07, 6.45) is 1.56. The van der Waals surface area contributed by atoms with Crippen molar-refractivity contribution in [2.24, 2.45) is 5.18 Å². The molecule has 0 spiro atoms. The van der Waals surface area contributed by atoms with Gasteiger partial charge >= 0.3 is 0 Å². The third-order valence-electron chi connectivity index (χ3n) is 0.995. The molecule has 3 nitrogen and oxygen atoms in total. The predicted molar refractivity (Wildman–Crippen MR) is 34.4 cm³/mol. The predicted octanol–water partition coefficient (Wildman–Crippen LogP) is 1.79. The molecule has 0 aliphatic rings. The number of aromatic nitrogens is 1. The monoisotopic (exact) mass is 122 g/mol.